The number of tetrazole rings is 1. The van der Waals surface area contributed by atoms with Crippen LogP contribution in [0, 0.1) is 5.92 Å². The van der Waals surface area contributed by atoms with Crippen molar-refractivity contribution in [2.45, 2.75) is 44.6 Å². The fourth-order valence-electron chi connectivity index (χ4n) is 2.01. The van der Waals surface area contributed by atoms with Crippen LogP contribution in [0.5, 0.6) is 0 Å². The van der Waals surface area contributed by atoms with E-state index in [1.165, 1.54) is 18.7 Å². The summed E-state index contributed by atoms with van der Waals surface area (Å²) < 4.78 is 1.70. The average Bonchev–Trinajstić information content (AvgIpc) is 2.93. The molecule has 1 N–H and O–H groups in total. The standard InChI is InChI=1S/C16H21N5O2S/c1-10(2)9-21-16(18-19-20-21)24-12(4)15(23)17-14-7-5-6-13(8-14)11(3)22/h5-8,10,12H,9H2,1-4H3,(H,17,23). The summed E-state index contributed by atoms with van der Waals surface area (Å²) in [7, 11) is 0. The van der Waals surface area contributed by atoms with E-state index in [1.807, 2.05) is 0 Å². The zero-order chi connectivity index (χ0) is 17.7. The Morgan fingerprint density at radius 2 is 2.04 bits per heavy atom. The number of amides is 1. The summed E-state index contributed by atoms with van der Waals surface area (Å²) >= 11 is 1.30. The Labute approximate surface area is 145 Å². The molecule has 128 valence electrons. The van der Waals surface area contributed by atoms with Crippen LogP contribution in [-0.2, 0) is 11.3 Å². The first kappa shape index (κ1) is 18.1. The number of nitrogens with zero attached hydrogens (tertiary/aromatic N) is 4. The number of ketones is 1. The first-order chi connectivity index (χ1) is 11.4. The van der Waals surface area contributed by atoms with Crippen LogP contribution in [0.1, 0.15) is 38.1 Å². The summed E-state index contributed by atoms with van der Waals surface area (Å²) in [5.74, 6) is 0.201. The van der Waals surface area contributed by atoms with E-state index in [1.54, 1.807) is 35.9 Å². The second-order valence-electron chi connectivity index (χ2n) is 5.92. The van der Waals surface area contributed by atoms with Gasteiger partial charge in [0.1, 0.15) is 0 Å². The highest BCUT2D eigenvalue weighted by Crippen LogP contribution is 2.22. The van der Waals surface area contributed by atoms with Gasteiger partial charge in [-0.1, -0.05) is 37.7 Å². The highest BCUT2D eigenvalue weighted by molar-refractivity contribution is 8.00. The van der Waals surface area contributed by atoms with Crippen LogP contribution in [-0.4, -0.2) is 37.1 Å². The fraction of sp³-hybridized carbons (Fsp3) is 0.438. The van der Waals surface area contributed by atoms with Gasteiger partial charge in [0.05, 0.1) is 5.25 Å². The van der Waals surface area contributed by atoms with Gasteiger partial charge in [-0.25, -0.2) is 4.68 Å². The van der Waals surface area contributed by atoms with E-state index in [9.17, 15) is 9.59 Å². The summed E-state index contributed by atoms with van der Waals surface area (Å²) in [4.78, 5) is 23.8. The van der Waals surface area contributed by atoms with Gasteiger partial charge < -0.3 is 5.32 Å². The number of carbonyl (C=O) groups is 2. The predicted octanol–water partition coefficient (Wildman–Crippen LogP) is 2.65. The minimum atomic E-state index is -0.372. The lowest BCUT2D eigenvalue weighted by Gasteiger charge is -2.12. The fourth-order valence-corrected chi connectivity index (χ4v) is 2.81. The Morgan fingerprint density at radius 1 is 1.29 bits per heavy atom. The summed E-state index contributed by atoms with van der Waals surface area (Å²) in [6, 6.07) is 6.88. The van der Waals surface area contributed by atoms with E-state index in [0.29, 0.717) is 28.9 Å². The van der Waals surface area contributed by atoms with Gasteiger partial charge in [-0.05, 0) is 42.3 Å². The lowest BCUT2D eigenvalue weighted by molar-refractivity contribution is -0.115. The molecule has 1 aromatic carbocycles. The third-order valence-electron chi connectivity index (χ3n) is 3.23. The molecule has 2 rings (SSSR count). The number of hydrogen-bond acceptors (Lipinski definition) is 6. The first-order valence-electron chi connectivity index (χ1n) is 7.71. The molecule has 24 heavy (non-hydrogen) atoms. The van der Waals surface area contributed by atoms with E-state index in [0.717, 1.165) is 0 Å². The number of rotatable bonds is 7. The van der Waals surface area contributed by atoms with Crippen molar-refractivity contribution in [2.24, 2.45) is 5.92 Å². The Hall–Kier alpha value is -2.22. The molecule has 7 nitrogen and oxygen atoms in total. The number of nitrogens with one attached hydrogen (secondary N) is 1. The van der Waals surface area contributed by atoms with Gasteiger partial charge in [-0.3, -0.25) is 9.59 Å². The molecular formula is C16H21N5O2S. The van der Waals surface area contributed by atoms with Crippen molar-refractivity contribution in [1.29, 1.82) is 0 Å². The highest BCUT2D eigenvalue weighted by atomic mass is 32.2. The number of anilines is 1. The van der Waals surface area contributed by atoms with E-state index < -0.39 is 0 Å². The molecule has 0 saturated heterocycles. The van der Waals surface area contributed by atoms with Gasteiger partial charge in [0.2, 0.25) is 11.1 Å². The monoisotopic (exact) mass is 347 g/mol. The summed E-state index contributed by atoms with van der Waals surface area (Å²) in [5.41, 5.74) is 1.16. The topological polar surface area (TPSA) is 89.8 Å². The van der Waals surface area contributed by atoms with Crippen LogP contribution in [0.3, 0.4) is 0 Å². The first-order valence-corrected chi connectivity index (χ1v) is 8.59. The smallest absolute Gasteiger partial charge is 0.237 e. The lowest BCUT2D eigenvalue weighted by Crippen LogP contribution is -2.23. The Balaban J connectivity index is 2.01. The SMILES string of the molecule is CC(=O)c1cccc(NC(=O)C(C)Sc2nnnn2CC(C)C)c1. The Kier molecular flexibility index (Phi) is 6.08. The summed E-state index contributed by atoms with van der Waals surface area (Å²) in [5, 5.41) is 14.7. The van der Waals surface area contributed by atoms with Gasteiger partial charge in [-0.15, -0.1) is 5.10 Å². The molecule has 0 spiro atoms. The molecule has 1 atom stereocenters. The Morgan fingerprint density at radius 3 is 2.71 bits per heavy atom. The molecule has 0 radical (unpaired) electrons. The molecule has 0 aliphatic carbocycles. The van der Waals surface area contributed by atoms with Crippen molar-refractivity contribution in [2.75, 3.05) is 5.32 Å². The number of aromatic nitrogens is 4. The second-order valence-corrected chi connectivity index (χ2v) is 7.23. The van der Waals surface area contributed by atoms with Gasteiger partial charge >= 0.3 is 0 Å². The van der Waals surface area contributed by atoms with Gasteiger partial charge in [-0.2, -0.15) is 0 Å². The second kappa shape index (κ2) is 8.05. The van der Waals surface area contributed by atoms with Crippen molar-refractivity contribution >= 4 is 29.1 Å². The minimum absolute atomic E-state index is 0.0404. The molecule has 8 heteroatoms. The lowest BCUT2D eigenvalue weighted by atomic mass is 10.1. The quantitative estimate of drug-likeness (QED) is 0.612. The molecule has 1 heterocycles. The molecule has 0 aliphatic rings. The molecule has 2 aromatic rings. The maximum atomic E-state index is 12.4. The van der Waals surface area contributed by atoms with Crippen molar-refractivity contribution in [1.82, 2.24) is 20.2 Å². The van der Waals surface area contributed by atoms with E-state index >= 15 is 0 Å². The third-order valence-corrected chi connectivity index (χ3v) is 4.30. The number of carbonyl (C=O) groups excluding carboxylic acids is 2. The van der Waals surface area contributed by atoms with Crippen molar-refractivity contribution in [3.05, 3.63) is 29.8 Å². The minimum Gasteiger partial charge on any atom is -0.325 e. The van der Waals surface area contributed by atoms with Crippen molar-refractivity contribution in [3.63, 3.8) is 0 Å². The predicted molar refractivity (Wildman–Crippen MR) is 93.1 cm³/mol. The molecule has 0 saturated carbocycles. The molecule has 0 fully saturated rings. The van der Waals surface area contributed by atoms with Gasteiger partial charge in [0, 0.05) is 17.8 Å². The zero-order valence-electron chi connectivity index (χ0n) is 14.2. The molecule has 1 aromatic heterocycles. The van der Waals surface area contributed by atoms with Crippen molar-refractivity contribution < 1.29 is 9.59 Å². The molecule has 0 aliphatic heterocycles. The van der Waals surface area contributed by atoms with Crippen LogP contribution in [0.25, 0.3) is 0 Å². The zero-order valence-corrected chi connectivity index (χ0v) is 15.0. The van der Waals surface area contributed by atoms with Crippen LogP contribution in [0.4, 0.5) is 5.69 Å². The average molecular weight is 347 g/mol. The normalized spacial score (nSPS) is 12.2. The van der Waals surface area contributed by atoms with E-state index in [-0.39, 0.29) is 16.9 Å². The molecule has 1 amide bonds. The van der Waals surface area contributed by atoms with Gasteiger partial charge in [0.15, 0.2) is 5.78 Å². The molecule has 0 bridgehead atoms. The summed E-state index contributed by atoms with van der Waals surface area (Å²) in [6.45, 7) is 8.14. The molecular weight excluding hydrogens is 326 g/mol. The van der Waals surface area contributed by atoms with E-state index in [4.69, 9.17) is 0 Å². The number of thioether (sulfide) groups is 1. The largest absolute Gasteiger partial charge is 0.325 e. The van der Waals surface area contributed by atoms with Crippen molar-refractivity contribution in [3.8, 4) is 0 Å². The molecule has 1 unspecified atom stereocenters. The van der Waals surface area contributed by atoms with E-state index in [2.05, 4.69) is 34.7 Å². The summed E-state index contributed by atoms with van der Waals surface area (Å²) in [6.07, 6.45) is 0. The van der Waals surface area contributed by atoms with Crippen LogP contribution in [0.15, 0.2) is 29.4 Å². The number of hydrogen-bond donors (Lipinski definition) is 1. The number of Topliss-reactive ketones (excluding diaryl/α,β-unsaturated/α-hetero) is 1. The maximum Gasteiger partial charge on any atom is 0.237 e. The highest BCUT2D eigenvalue weighted by Gasteiger charge is 2.19. The maximum absolute atomic E-state index is 12.4. The van der Waals surface area contributed by atoms with Crippen LogP contribution < -0.4 is 5.32 Å². The van der Waals surface area contributed by atoms with Crippen LogP contribution in [0.2, 0.25) is 0 Å². The third kappa shape index (κ3) is 4.89. The Bertz CT molecular complexity index is 729. The van der Waals surface area contributed by atoms with Crippen LogP contribution >= 0.6 is 11.8 Å². The van der Waals surface area contributed by atoms with Gasteiger partial charge in [0.25, 0.3) is 0 Å². The number of benzene rings is 1.